The maximum Gasteiger partial charge on any atom is 0.0680 e. The van der Waals surface area contributed by atoms with Gasteiger partial charge < -0.3 is 10.4 Å². The molecule has 13 heavy (non-hydrogen) atoms. The van der Waals surface area contributed by atoms with E-state index in [1.165, 1.54) is 25.7 Å². The Hall–Kier alpha value is -0.0800. The molecule has 3 fully saturated rings. The van der Waals surface area contributed by atoms with Gasteiger partial charge in [-0.1, -0.05) is 12.8 Å². The van der Waals surface area contributed by atoms with Gasteiger partial charge in [-0.25, -0.2) is 0 Å². The fraction of sp³-hybridized carbons (Fsp3) is 1.00. The summed E-state index contributed by atoms with van der Waals surface area (Å²) >= 11 is 0. The van der Waals surface area contributed by atoms with Crippen molar-refractivity contribution < 1.29 is 5.11 Å². The van der Waals surface area contributed by atoms with Crippen molar-refractivity contribution >= 4 is 0 Å². The number of fused-ring (bicyclic) bond motifs is 2. The maximum atomic E-state index is 10.4. The lowest BCUT2D eigenvalue weighted by Gasteiger charge is -2.37. The molecule has 2 N–H and O–H groups in total. The molecule has 2 nitrogen and oxygen atoms in total. The molecule has 2 heteroatoms. The molecule has 2 saturated heterocycles. The lowest BCUT2D eigenvalue weighted by Crippen LogP contribution is -2.48. The monoisotopic (exact) mass is 181 g/mol. The minimum Gasteiger partial charge on any atom is -0.390 e. The zero-order valence-electron chi connectivity index (χ0n) is 8.13. The third-order valence-electron chi connectivity index (χ3n) is 3.95. The predicted molar refractivity (Wildman–Crippen MR) is 51.5 cm³/mol. The van der Waals surface area contributed by atoms with Gasteiger partial charge in [-0.3, -0.25) is 0 Å². The SMILES string of the molecule is OC1(CC2CC2)C[C@H]2CC[C@@H](C1)N2. The number of nitrogens with one attached hydrogen (secondary N) is 1. The number of rotatable bonds is 2. The van der Waals surface area contributed by atoms with Crippen molar-refractivity contribution in [1.82, 2.24) is 5.32 Å². The van der Waals surface area contributed by atoms with Crippen LogP contribution in [0.4, 0.5) is 0 Å². The summed E-state index contributed by atoms with van der Waals surface area (Å²) in [6.07, 6.45) is 8.42. The van der Waals surface area contributed by atoms with Gasteiger partial charge in [-0.15, -0.1) is 0 Å². The number of piperidine rings is 1. The van der Waals surface area contributed by atoms with Gasteiger partial charge in [0.15, 0.2) is 0 Å². The van der Waals surface area contributed by atoms with Gasteiger partial charge in [0.25, 0.3) is 0 Å². The molecule has 0 aromatic carbocycles. The van der Waals surface area contributed by atoms with Crippen LogP contribution in [0, 0.1) is 5.92 Å². The van der Waals surface area contributed by atoms with E-state index >= 15 is 0 Å². The van der Waals surface area contributed by atoms with E-state index in [1.807, 2.05) is 0 Å². The van der Waals surface area contributed by atoms with Crippen molar-refractivity contribution in [2.24, 2.45) is 5.92 Å². The Labute approximate surface area is 79.7 Å². The second-order valence-corrected chi connectivity index (χ2v) is 5.42. The third-order valence-corrected chi connectivity index (χ3v) is 3.95. The highest BCUT2D eigenvalue weighted by Gasteiger charge is 2.44. The standard InChI is InChI=1S/C11H19NO/c13-11(5-8-1-2-8)6-9-3-4-10(7-11)12-9/h8-10,12-13H,1-7H2/t9-,10+,11?. The van der Waals surface area contributed by atoms with Crippen LogP contribution in [0.2, 0.25) is 0 Å². The van der Waals surface area contributed by atoms with E-state index in [-0.39, 0.29) is 5.60 Å². The maximum absolute atomic E-state index is 10.4. The lowest BCUT2D eigenvalue weighted by atomic mass is 9.83. The summed E-state index contributed by atoms with van der Waals surface area (Å²) in [5, 5.41) is 14.0. The smallest absolute Gasteiger partial charge is 0.0680 e. The molecule has 74 valence electrons. The highest BCUT2D eigenvalue weighted by molar-refractivity contribution is 5.01. The summed E-state index contributed by atoms with van der Waals surface area (Å²) in [5.41, 5.74) is -0.293. The fourth-order valence-electron chi connectivity index (χ4n) is 3.25. The molecule has 3 aliphatic rings. The average Bonchev–Trinajstić information content (AvgIpc) is 2.77. The Balaban J connectivity index is 1.68. The van der Waals surface area contributed by atoms with Gasteiger partial charge in [0.05, 0.1) is 5.60 Å². The van der Waals surface area contributed by atoms with E-state index in [4.69, 9.17) is 0 Å². The van der Waals surface area contributed by atoms with Crippen LogP contribution < -0.4 is 5.32 Å². The molecule has 2 aliphatic heterocycles. The van der Waals surface area contributed by atoms with E-state index in [1.54, 1.807) is 0 Å². The van der Waals surface area contributed by atoms with Crippen molar-refractivity contribution in [1.29, 1.82) is 0 Å². The molecule has 3 rings (SSSR count). The Morgan fingerprint density at radius 1 is 1.08 bits per heavy atom. The van der Waals surface area contributed by atoms with Crippen LogP contribution in [0.25, 0.3) is 0 Å². The average molecular weight is 181 g/mol. The van der Waals surface area contributed by atoms with E-state index in [9.17, 15) is 5.11 Å². The fourth-order valence-corrected chi connectivity index (χ4v) is 3.25. The first-order valence-corrected chi connectivity index (χ1v) is 5.72. The van der Waals surface area contributed by atoms with Gasteiger partial charge in [-0.2, -0.15) is 0 Å². The largest absolute Gasteiger partial charge is 0.390 e. The van der Waals surface area contributed by atoms with Crippen LogP contribution >= 0.6 is 0 Å². The van der Waals surface area contributed by atoms with Crippen LogP contribution in [0.5, 0.6) is 0 Å². The normalized spacial score (nSPS) is 49.6. The molecule has 1 aliphatic carbocycles. The van der Waals surface area contributed by atoms with Crippen molar-refractivity contribution in [3.63, 3.8) is 0 Å². The molecule has 0 amide bonds. The van der Waals surface area contributed by atoms with E-state index < -0.39 is 0 Å². The summed E-state index contributed by atoms with van der Waals surface area (Å²) < 4.78 is 0. The Kier molecular flexibility index (Phi) is 1.72. The summed E-state index contributed by atoms with van der Waals surface area (Å²) in [5.74, 6) is 0.863. The first-order valence-electron chi connectivity index (χ1n) is 5.72. The molecule has 1 unspecified atom stereocenters. The van der Waals surface area contributed by atoms with Crippen molar-refractivity contribution in [2.45, 2.75) is 62.6 Å². The van der Waals surface area contributed by atoms with Gasteiger partial charge in [0.2, 0.25) is 0 Å². The van der Waals surface area contributed by atoms with Crippen molar-refractivity contribution in [3.05, 3.63) is 0 Å². The number of hydrogen-bond acceptors (Lipinski definition) is 2. The van der Waals surface area contributed by atoms with Crippen LogP contribution in [-0.4, -0.2) is 22.8 Å². The Bertz CT molecular complexity index is 200. The first-order chi connectivity index (χ1) is 6.23. The van der Waals surface area contributed by atoms with Crippen LogP contribution in [0.3, 0.4) is 0 Å². The van der Waals surface area contributed by atoms with Gasteiger partial charge >= 0.3 is 0 Å². The zero-order valence-corrected chi connectivity index (χ0v) is 8.13. The summed E-state index contributed by atoms with van der Waals surface area (Å²) in [7, 11) is 0. The van der Waals surface area contributed by atoms with Crippen LogP contribution in [-0.2, 0) is 0 Å². The summed E-state index contributed by atoms with van der Waals surface area (Å²) in [4.78, 5) is 0. The topological polar surface area (TPSA) is 32.3 Å². The zero-order chi connectivity index (χ0) is 8.89. The number of hydrogen-bond donors (Lipinski definition) is 2. The molecule has 1 saturated carbocycles. The van der Waals surface area contributed by atoms with Crippen molar-refractivity contribution in [3.8, 4) is 0 Å². The second-order valence-electron chi connectivity index (χ2n) is 5.42. The predicted octanol–water partition coefficient (Wildman–Crippen LogP) is 1.43. The quantitative estimate of drug-likeness (QED) is 0.675. The minimum absolute atomic E-state index is 0.293. The molecule has 0 radical (unpaired) electrons. The van der Waals surface area contributed by atoms with Crippen LogP contribution in [0.15, 0.2) is 0 Å². The summed E-state index contributed by atoms with van der Waals surface area (Å²) in [6.45, 7) is 0. The molecular weight excluding hydrogens is 162 g/mol. The molecule has 3 atom stereocenters. The number of aliphatic hydroxyl groups is 1. The van der Waals surface area contributed by atoms with Crippen LogP contribution in [0.1, 0.15) is 44.9 Å². The van der Waals surface area contributed by atoms with Gasteiger partial charge in [-0.05, 0) is 38.0 Å². The molecule has 0 spiro atoms. The Morgan fingerprint density at radius 3 is 2.23 bits per heavy atom. The lowest BCUT2D eigenvalue weighted by molar-refractivity contribution is -0.0184. The van der Waals surface area contributed by atoms with E-state index in [0.717, 1.165) is 25.2 Å². The van der Waals surface area contributed by atoms with Crippen molar-refractivity contribution in [2.75, 3.05) is 0 Å². The highest BCUT2D eigenvalue weighted by atomic mass is 16.3. The van der Waals surface area contributed by atoms with Gasteiger partial charge in [0.1, 0.15) is 0 Å². The first kappa shape index (κ1) is 8.25. The molecule has 2 bridgehead atoms. The molecule has 2 heterocycles. The van der Waals surface area contributed by atoms with E-state index in [0.29, 0.717) is 12.1 Å². The summed E-state index contributed by atoms with van der Waals surface area (Å²) in [6, 6.07) is 1.25. The Morgan fingerprint density at radius 2 is 1.69 bits per heavy atom. The minimum atomic E-state index is -0.293. The molecule has 0 aromatic heterocycles. The van der Waals surface area contributed by atoms with E-state index in [2.05, 4.69) is 5.32 Å². The molecular formula is C11H19NO. The van der Waals surface area contributed by atoms with Gasteiger partial charge in [0, 0.05) is 12.1 Å². The second kappa shape index (κ2) is 2.71. The highest BCUT2D eigenvalue weighted by Crippen LogP contribution is 2.43. The third kappa shape index (κ3) is 1.62. The molecule has 0 aromatic rings.